The van der Waals surface area contributed by atoms with E-state index in [0.717, 1.165) is 39.1 Å². The molecular weight excluding hydrogens is 653 g/mol. The number of aryl methyl sites for hydroxylation is 1. The average molecular weight is 684 g/mol. The van der Waals surface area contributed by atoms with Crippen molar-refractivity contribution in [2.75, 3.05) is 26.7 Å². The highest BCUT2D eigenvalue weighted by atomic mass is 19.4. The smallest absolute Gasteiger partial charge is 0.475 e. The highest BCUT2D eigenvalue weighted by molar-refractivity contribution is 5.73. The number of methoxy groups -OCH3 is 1. The monoisotopic (exact) mass is 683 g/mol. The number of aromatic nitrogens is 3. The number of carboxylic acid groups (broad SMARTS) is 3. The largest absolute Gasteiger partial charge is 0.490 e. The molecule has 0 saturated carbocycles. The third-order valence-corrected chi connectivity index (χ3v) is 6.36. The number of piperidine rings is 1. The molecule has 2 aromatic rings. The summed E-state index contributed by atoms with van der Waals surface area (Å²) in [5.74, 6) is -7.69. The predicted molar refractivity (Wildman–Crippen MR) is 137 cm³/mol. The molecule has 0 radical (unpaired) electrons. The first-order chi connectivity index (χ1) is 21.1. The molecule has 2 aromatic heterocycles. The number of hydrogen-bond acceptors (Lipinski definition) is 8. The summed E-state index contributed by atoms with van der Waals surface area (Å²) in [4.78, 5) is 36.1. The van der Waals surface area contributed by atoms with E-state index in [1.807, 2.05) is 43.5 Å². The minimum atomic E-state index is -5.08. The van der Waals surface area contributed by atoms with Gasteiger partial charge in [-0.2, -0.15) is 44.6 Å². The summed E-state index contributed by atoms with van der Waals surface area (Å²) in [6.45, 7) is 5.24. The standard InChI is InChI=1S/C19H27N5O.3C2HF3O2/c1-22-10-16(9-21-22)12-24-7-5-19(25-2)17-13-23(14-18(17)24)11-15-4-3-6-20-8-15;3*3-2(4,5)1(6)7/h3-4,6,8-10,17-19H,5,7,11-14H2,1-2H3;3*(H,6,7)/t17-,18+,19+;;;/m0.../s1. The average Bonchev–Trinajstić information content (AvgIpc) is 3.55. The number of alkyl halides is 9. The van der Waals surface area contributed by atoms with Crippen molar-refractivity contribution in [3.05, 3.63) is 48.0 Å². The van der Waals surface area contributed by atoms with Crippen LogP contribution in [-0.2, 0) is 39.3 Å². The first-order valence-electron chi connectivity index (χ1n) is 12.8. The van der Waals surface area contributed by atoms with Gasteiger partial charge in [-0.15, -0.1) is 0 Å². The Labute approximate surface area is 255 Å². The van der Waals surface area contributed by atoms with E-state index >= 15 is 0 Å². The van der Waals surface area contributed by atoms with Gasteiger partial charge < -0.3 is 20.1 Å². The molecule has 2 aliphatic rings. The Morgan fingerprint density at radius 1 is 0.870 bits per heavy atom. The van der Waals surface area contributed by atoms with Gasteiger partial charge >= 0.3 is 36.4 Å². The van der Waals surface area contributed by atoms with Gasteiger partial charge in [0.05, 0.1) is 12.3 Å². The summed E-state index contributed by atoms with van der Waals surface area (Å²) in [6, 6.07) is 4.73. The molecule has 2 saturated heterocycles. The maximum absolute atomic E-state index is 10.6. The van der Waals surface area contributed by atoms with Crippen molar-refractivity contribution in [1.82, 2.24) is 24.6 Å². The number of ether oxygens (including phenoxy) is 1. The molecule has 3 atom stereocenters. The van der Waals surface area contributed by atoms with Crippen LogP contribution in [-0.4, -0.2) is 115 Å². The van der Waals surface area contributed by atoms with Crippen molar-refractivity contribution >= 4 is 17.9 Å². The minimum absolute atomic E-state index is 0.369. The molecule has 260 valence electrons. The predicted octanol–water partition coefficient (Wildman–Crippen LogP) is 3.44. The zero-order chi connectivity index (χ0) is 35.5. The van der Waals surface area contributed by atoms with Gasteiger partial charge in [0.2, 0.25) is 0 Å². The fourth-order valence-corrected chi connectivity index (χ4v) is 4.47. The van der Waals surface area contributed by atoms with Gasteiger partial charge in [-0.1, -0.05) is 6.07 Å². The number of rotatable bonds is 5. The van der Waals surface area contributed by atoms with Crippen LogP contribution in [0, 0.1) is 5.92 Å². The number of aliphatic carboxylic acids is 3. The second-order valence-corrected chi connectivity index (χ2v) is 9.75. The summed E-state index contributed by atoms with van der Waals surface area (Å²) in [5, 5.41) is 25.7. The molecule has 0 bridgehead atoms. The summed E-state index contributed by atoms with van der Waals surface area (Å²) >= 11 is 0. The number of halogens is 9. The highest BCUT2D eigenvalue weighted by Gasteiger charge is 2.44. The second kappa shape index (κ2) is 17.1. The summed E-state index contributed by atoms with van der Waals surface area (Å²) < 4.78 is 103. The van der Waals surface area contributed by atoms with E-state index in [4.69, 9.17) is 34.4 Å². The van der Waals surface area contributed by atoms with Crippen molar-refractivity contribution in [2.24, 2.45) is 13.0 Å². The van der Waals surface area contributed by atoms with Crippen molar-refractivity contribution in [3.8, 4) is 0 Å². The third kappa shape index (κ3) is 14.0. The lowest BCUT2D eigenvalue weighted by atomic mass is 9.89. The normalized spacial score (nSPS) is 20.1. The van der Waals surface area contributed by atoms with Crippen LogP contribution in [0.15, 0.2) is 36.9 Å². The Morgan fingerprint density at radius 2 is 1.39 bits per heavy atom. The summed E-state index contributed by atoms with van der Waals surface area (Å²) in [6.07, 6.45) is -5.85. The molecule has 0 aromatic carbocycles. The minimum Gasteiger partial charge on any atom is -0.475 e. The maximum Gasteiger partial charge on any atom is 0.490 e. The molecule has 0 unspecified atom stereocenters. The van der Waals surface area contributed by atoms with Gasteiger partial charge in [0.1, 0.15) is 0 Å². The van der Waals surface area contributed by atoms with Gasteiger partial charge in [-0.25, -0.2) is 14.4 Å². The molecular formula is C25H30F9N5O7. The van der Waals surface area contributed by atoms with E-state index in [9.17, 15) is 39.5 Å². The first kappa shape index (κ1) is 40.0. The fraction of sp³-hybridized carbons (Fsp3) is 0.560. The van der Waals surface area contributed by atoms with E-state index in [-0.39, 0.29) is 0 Å². The molecule has 3 N–H and O–H groups in total. The van der Waals surface area contributed by atoms with Gasteiger partial charge in [0, 0.05) is 83.0 Å². The van der Waals surface area contributed by atoms with Crippen LogP contribution in [0.4, 0.5) is 39.5 Å². The lowest BCUT2D eigenvalue weighted by molar-refractivity contribution is -0.193. The molecule has 12 nitrogen and oxygen atoms in total. The zero-order valence-corrected chi connectivity index (χ0v) is 24.1. The number of nitrogens with zero attached hydrogens (tertiary/aromatic N) is 5. The quantitative estimate of drug-likeness (QED) is 0.397. The van der Waals surface area contributed by atoms with E-state index in [0.29, 0.717) is 18.1 Å². The number of fused-ring (bicyclic) bond motifs is 1. The lowest BCUT2D eigenvalue weighted by Crippen LogP contribution is -2.50. The molecule has 2 aliphatic heterocycles. The summed E-state index contributed by atoms with van der Waals surface area (Å²) in [5.41, 5.74) is 2.58. The van der Waals surface area contributed by atoms with Crippen molar-refractivity contribution < 1.29 is 74.0 Å². The van der Waals surface area contributed by atoms with Crippen LogP contribution in [0.25, 0.3) is 0 Å². The first-order valence-corrected chi connectivity index (χ1v) is 12.8. The van der Waals surface area contributed by atoms with E-state index < -0.39 is 36.4 Å². The number of carbonyl (C=O) groups is 3. The van der Waals surface area contributed by atoms with E-state index in [1.54, 1.807) is 0 Å². The third-order valence-electron chi connectivity index (χ3n) is 6.36. The van der Waals surface area contributed by atoms with Crippen LogP contribution in [0.2, 0.25) is 0 Å². The van der Waals surface area contributed by atoms with Gasteiger partial charge in [-0.3, -0.25) is 19.5 Å². The molecule has 0 amide bonds. The zero-order valence-electron chi connectivity index (χ0n) is 24.1. The molecule has 4 heterocycles. The Hall–Kier alpha value is -3.98. The molecule has 21 heteroatoms. The maximum atomic E-state index is 10.6. The molecule has 0 aliphatic carbocycles. The molecule has 4 rings (SSSR count). The summed E-state index contributed by atoms with van der Waals surface area (Å²) in [7, 11) is 3.84. The Kier molecular flexibility index (Phi) is 14.9. The number of pyridine rings is 1. The lowest BCUT2D eigenvalue weighted by Gasteiger charge is -2.41. The van der Waals surface area contributed by atoms with Crippen LogP contribution in [0.3, 0.4) is 0 Å². The van der Waals surface area contributed by atoms with E-state index in [2.05, 4.69) is 32.1 Å². The molecule has 2 fully saturated rings. The topological polar surface area (TPSA) is 158 Å². The Bertz CT molecular complexity index is 1200. The van der Waals surface area contributed by atoms with Gasteiger partial charge in [0.15, 0.2) is 0 Å². The Morgan fingerprint density at radius 3 is 1.78 bits per heavy atom. The van der Waals surface area contributed by atoms with Crippen LogP contribution >= 0.6 is 0 Å². The fourth-order valence-electron chi connectivity index (χ4n) is 4.47. The van der Waals surface area contributed by atoms with Crippen LogP contribution < -0.4 is 0 Å². The molecule has 0 spiro atoms. The SMILES string of the molecule is CO[C@@H]1CCN(Cc2cnn(C)c2)[C@@H]2CN(Cc3cccnc3)C[C@@H]21.O=C(O)C(F)(F)F.O=C(O)C(F)(F)F.O=C(O)C(F)(F)F. The number of carboxylic acids is 3. The van der Waals surface area contributed by atoms with Crippen molar-refractivity contribution in [3.63, 3.8) is 0 Å². The van der Waals surface area contributed by atoms with Gasteiger partial charge in [-0.05, 0) is 18.1 Å². The number of hydrogen-bond donors (Lipinski definition) is 3. The Balaban J connectivity index is 0.000000413. The second-order valence-electron chi connectivity index (χ2n) is 9.75. The molecule has 46 heavy (non-hydrogen) atoms. The van der Waals surface area contributed by atoms with Crippen LogP contribution in [0.1, 0.15) is 17.5 Å². The van der Waals surface area contributed by atoms with Crippen molar-refractivity contribution in [1.29, 1.82) is 0 Å². The number of likely N-dealkylation sites (tertiary alicyclic amines) is 2. The van der Waals surface area contributed by atoms with E-state index in [1.165, 1.54) is 11.1 Å². The van der Waals surface area contributed by atoms with Crippen LogP contribution in [0.5, 0.6) is 0 Å². The van der Waals surface area contributed by atoms with Gasteiger partial charge in [0.25, 0.3) is 0 Å². The van der Waals surface area contributed by atoms with Crippen molar-refractivity contribution in [2.45, 2.75) is 50.2 Å². The highest BCUT2D eigenvalue weighted by Crippen LogP contribution is 2.34.